The largest absolute Gasteiger partial charge is 0.461 e. The third kappa shape index (κ3) is 3.99. The van der Waals surface area contributed by atoms with E-state index in [0.717, 1.165) is 4.88 Å². The zero-order chi connectivity index (χ0) is 17.8. The monoisotopic (exact) mass is 357 g/mol. The summed E-state index contributed by atoms with van der Waals surface area (Å²) in [6.07, 6.45) is 0.852. The molecule has 1 atom stereocenters. The van der Waals surface area contributed by atoms with Gasteiger partial charge in [-0.1, -0.05) is 18.2 Å². The average Bonchev–Trinajstić information content (AvgIpc) is 3.30. The lowest BCUT2D eigenvalue weighted by atomic mass is 10.1. The average molecular weight is 357 g/mol. The first kappa shape index (κ1) is 17.4. The molecule has 0 bridgehead atoms. The van der Waals surface area contributed by atoms with Crippen LogP contribution in [0.15, 0.2) is 58.3 Å². The number of hydrogen-bond donors (Lipinski definition) is 0. The lowest BCUT2D eigenvalue weighted by Crippen LogP contribution is -2.29. The van der Waals surface area contributed by atoms with Crippen LogP contribution in [-0.2, 0) is 11.2 Å². The number of carbonyl (C=O) groups excluding carboxylic acids is 1. The van der Waals surface area contributed by atoms with Crippen LogP contribution in [0.4, 0.5) is 4.39 Å². The molecular weight excluding hydrogens is 337 g/mol. The smallest absolute Gasteiger partial charge is 0.223 e. The Hall–Kier alpha value is -2.40. The van der Waals surface area contributed by atoms with Gasteiger partial charge in [0.15, 0.2) is 0 Å². The van der Waals surface area contributed by atoms with Crippen molar-refractivity contribution in [3.63, 3.8) is 0 Å². The van der Waals surface area contributed by atoms with Gasteiger partial charge in [0.25, 0.3) is 0 Å². The van der Waals surface area contributed by atoms with E-state index in [9.17, 15) is 9.18 Å². The van der Waals surface area contributed by atoms with Crippen molar-refractivity contribution in [2.75, 3.05) is 7.05 Å². The molecule has 0 N–H and O–H groups in total. The van der Waals surface area contributed by atoms with Gasteiger partial charge in [-0.2, -0.15) is 0 Å². The molecule has 0 spiro atoms. The SMILES string of the molecule is CC(c1cccs1)N(C)C(=O)CCc1ccc(-c2ccccc2F)o1. The highest BCUT2D eigenvalue weighted by Gasteiger charge is 2.18. The first-order valence-corrected chi connectivity index (χ1v) is 9.07. The van der Waals surface area contributed by atoms with Gasteiger partial charge in [-0.15, -0.1) is 11.3 Å². The van der Waals surface area contributed by atoms with Crippen molar-refractivity contribution in [1.29, 1.82) is 0 Å². The Morgan fingerprint density at radius 1 is 1.20 bits per heavy atom. The Labute approximate surface area is 150 Å². The maximum absolute atomic E-state index is 13.8. The van der Waals surface area contributed by atoms with Gasteiger partial charge < -0.3 is 9.32 Å². The second-order valence-electron chi connectivity index (χ2n) is 5.94. The maximum Gasteiger partial charge on any atom is 0.223 e. The summed E-state index contributed by atoms with van der Waals surface area (Å²) in [6, 6.07) is 14.1. The lowest BCUT2D eigenvalue weighted by molar-refractivity contribution is -0.131. The van der Waals surface area contributed by atoms with Crippen LogP contribution >= 0.6 is 11.3 Å². The summed E-state index contributed by atoms with van der Waals surface area (Å²) in [5.41, 5.74) is 0.434. The van der Waals surface area contributed by atoms with E-state index in [4.69, 9.17) is 4.42 Å². The first-order chi connectivity index (χ1) is 12.1. The summed E-state index contributed by atoms with van der Waals surface area (Å²) in [5.74, 6) is 0.915. The van der Waals surface area contributed by atoms with Crippen molar-refractivity contribution in [3.8, 4) is 11.3 Å². The molecule has 1 unspecified atom stereocenters. The molecule has 0 aliphatic rings. The normalized spacial score (nSPS) is 12.1. The van der Waals surface area contributed by atoms with E-state index in [-0.39, 0.29) is 17.8 Å². The van der Waals surface area contributed by atoms with Gasteiger partial charge in [0.1, 0.15) is 17.3 Å². The molecule has 3 rings (SSSR count). The van der Waals surface area contributed by atoms with Crippen LogP contribution in [0.1, 0.15) is 30.0 Å². The molecule has 25 heavy (non-hydrogen) atoms. The molecule has 2 heterocycles. The minimum absolute atomic E-state index is 0.0538. The topological polar surface area (TPSA) is 33.5 Å². The predicted octanol–water partition coefficient (Wildman–Crippen LogP) is 5.30. The first-order valence-electron chi connectivity index (χ1n) is 8.19. The zero-order valence-corrected chi connectivity index (χ0v) is 15.1. The summed E-state index contributed by atoms with van der Waals surface area (Å²) in [4.78, 5) is 15.3. The zero-order valence-electron chi connectivity index (χ0n) is 14.2. The molecule has 0 fully saturated rings. The standard InChI is InChI=1S/C20H20FNO2S/c1-14(19-8-5-13-25-19)22(2)20(23)12-10-15-9-11-18(24-15)16-6-3-4-7-17(16)21/h3-9,11,13-14H,10,12H2,1-2H3. The molecule has 0 saturated carbocycles. The number of carbonyl (C=O) groups is 1. The van der Waals surface area contributed by atoms with Crippen LogP contribution < -0.4 is 0 Å². The van der Waals surface area contributed by atoms with E-state index >= 15 is 0 Å². The minimum Gasteiger partial charge on any atom is -0.461 e. The van der Waals surface area contributed by atoms with Crippen molar-refractivity contribution in [2.24, 2.45) is 0 Å². The summed E-state index contributed by atoms with van der Waals surface area (Å²) in [7, 11) is 1.82. The summed E-state index contributed by atoms with van der Waals surface area (Å²) in [6.45, 7) is 2.02. The van der Waals surface area contributed by atoms with E-state index in [0.29, 0.717) is 29.9 Å². The second-order valence-corrected chi connectivity index (χ2v) is 6.92. The van der Waals surface area contributed by atoms with Crippen molar-refractivity contribution < 1.29 is 13.6 Å². The Bertz CT molecular complexity index is 841. The Morgan fingerprint density at radius 2 is 2.00 bits per heavy atom. The van der Waals surface area contributed by atoms with Crippen molar-refractivity contribution >= 4 is 17.2 Å². The van der Waals surface area contributed by atoms with Gasteiger partial charge in [0.2, 0.25) is 5.91 Å². The molecule has 0 aliphatic heterocycles. The molecule has 130 valence electrons. The molecule has 1 aromatic carbocycles. The van der Waals surface area contributed by atoms with Crippen LogP contribution in [0.5, 0.6) is 0 Å². The Kier molecular flexibility index (Phi) is 5.34. The van der Waals surface area contributed by atoms with Gasteiger partial charge in [-0.05, 0) is 42.6 Å². The van der Waals surface area contributed by atoms with Gasteiger partial charge in [0.05, 0.1) is 11.6 Å². The van der Waals surface area contributed by atoms with Crippen LogP contribution in [0.3, 0.4) is 0 Å². The molecule has 0 radical (unpaired) electrons. The van der Waals surface area contributed by atoms with Crippen LogP contribution in [-0.4, -0.2) is 17.9 Å². The predicted molar refractivity (Wildman–Crippen MR) is 97.9 cm³/mol. The Morgan fingerprint density at radius 3 is 2.72 bits per heavy atom. The van der Waals surface area contributed by atoms with E-state index in [2.05, 4.69) is 0 Å². The summed E-state index contributed by atoms with van der Waals surface area (Å²) in [5, 5.41) is 2.01. The van der Waals surface area contributed by atoms with Crippen molar-refractivity contribution in [3.05, 3.63) is 70.4 Å². The van der Waals surface area contributed by atoms with Gasteiger partial charge in [-0.3, -0.25) is 4.79 Å². The fourth-order valence-corrected chi connectivity index (χ4v) is 3.49. The van der Waals surface area contributed by atoms with E-state index in [1.54, 1.807) is 46.6 Å². The molecule has 0 aliphatic carbocycles. The molecule has 3 nitrogen and oxygen atoms in total. The molecule has 2 aromatic heterocycles. The number of benzene rings is 1. The van der Waals surface area contributed by atoms with Gasteiger partial charge in [0, 0.05) is 24.8 Å². The highest BCUT2D eigenvalue weighted by Crippen LogP contribution is 2.26. The van der Waals surface area contributed by atoms with Crippen molar-refractivity contribution in [2.45, 2.75) is 25.8 Å². The number of amides is 1. The van der Waals surface area contributed by atoms with Crippen LogP contribution in [0.25, 0.3) is 11.3 Å². The number of furan rings is 1. The van der Waals surface area contributed by atoms with E-state index < -0.39 is 0 Å². The lowest BCUT2D eigenvalue weighted by Gasteiger charge is -2.24. The molecular formula is C20H20FNO2S. The van der Waals surface area contributed by atoms with Crippen molar-refractivity contribution in [1.82, 2.24) is 4.90 Å². The van der Waals surface area contributed by atoms with Crippen LogP contribution in [0, 0.1) is 5.82 Å². The number of nitrogens with zero attached hydrogens (tertiary/aromatic N) is 1. The number of hydrogen-bond acceptors (Lipinski definition) is 3. The number of rotatable bonds is 6. The van der Waals surface area contributed by atoms with Crippen LogP contribution in [0.2, 0.25) is 0 Å². The summed E-state index contributed by atoms with van der Waals surface area (Å²) < 4.78 is 19.5. The number of aryl methyl sites for hydroxylation is 1. The second kappa shape index (κ2) is 7.66. The molecule has 0 saturated heterocycles. The fourth-order valence-electron chi connectivity index (χ4n) is 2.66. The molecule has 3 aromatic rings. The van der Waals surface area contributed by atoms with E-state index in [1.165, 1.54) is 6.07 Å². The fraction of sp³-hybridized carbons (Fsp3) is 0.250. The highest BCUT2D eigenvalue weighted by atomic mass is 32.1. The third-order valence-corrected chi connectivity index (χ3v) is 5.36. The highest BCUT2D eigenvalue weighted by molar-refractivity contribution is 7.10. The quantitative estimate of drug-likeness (QED) is 0.600. The summed E-state index contributed by atoms with van der Waals surface area (Å²) >= 11 is 1.65. The number of halogens is 1. The van der Waals surface area contributed by atoms with E-state index in [1.807, 2.05) is 31.5 Å². The maximum atomic E-state index is 13.8. The van der Waals surface area contributed by atoms with Gasteiger partial charge >= 0.3 is 0 Å². The third-order valence-electron chi connectivity index (χ3n) is 4.32. The molecule has 1 amide bonds. The Balaban J connectivity index is 1.60. The minimum atomic E-state index is -0.316. The number of thiophene rings is 1. The molecule has 5 heteroatoms. The van der Waals surface area contributed by atoms with Gasteiger partial charge in [-0.25, -0.2) is 4.39 Å².